The molecule has 0 atom stereocenters. The van der Waals surface area contributed by atoms with Crippen molar-refractivity contribution in [1.82, 2.24) is 0 Å². The molecule has 0 aromatic heterocycles. The van der Waals surface area contributed by atoms with Gasteiger partial charge in [-0.3, -0.25) is 0 Å². The molecular formula is C19H20. The quantitative estimate of drug-likeness (QED) is 0.641. The number of hydrogen-bond acceptors (Lipinski definition) is 0. The van der Waals surface area contributed by atoms with Gasteiger partial charge >= 0.3 is 0 Å². The fourth-order valence-corrected chi connectivity index (χ4v) is 2.17. The summed E-state index contributed by atoms with van der Waals surface area (Å²) in [5.74, 6) is 0. The molecule has 2 aromatic carbocycles. The molecule has 0 N–H and O–H groups in total. The summed E-state index contributed by atoms with van der Waals surface area (Å²) in [7, 11) is 0. The van der Waals surface area contributed by atoms with E-state index in [1.165, 1.54) is 22.3 Å². The topological polar surface area (TPSA) is 0 Å². The molecule has 0 amide bonds. The van der Waals surface area contributed by atoms with Crippen LogP contribution in [0.2, 0.25) is 0 Å². The zero-order chi connectivity index (χ0) is 13.5. The fraction of sp³-hybridized carbons (Fsp3) is 0.158. The molecule has 0 saturated carbocycles. The molecule has 0 bridgehead atoms. The van der Waals surface area contributed by atoms with Gasteiger partial charge in [0, 0.05) is 0 Å². The van der Waals surface area contributed by atoms with Crippen LogP contribution in [0.5, 0.6) is 0 Å². The Bertz CT molecular complexity index is 574. The third kappa shape index (κ3) is 3.96. The second-order valence-electron chi connectivity index (χ2n) is 4.73. The van der Waals surface area contributed by atoms with Gasteiger partial charge in [-0.25, -0.2) is 0 Å². The third-order valence-corrected chi connectivity index (χ3v) is 3.04. The van der Waals surface area contributed by atoms with E-state index in [1.807, 2.05) is 13.0 Å². The summed E-state index contributed by atoms with van der Waals surface area (Å²) in [6.45, 7) is 4.19. The number of benzene rings is 2. The Hall–Kier alpha value is -2.08. The van der Waals surface area contributed by atoms with E-state index in [9.17, 15) is 0 Å². The van der Waals surface area contributed by atoms with Crippen molar-refractivity contribution in [2.75, 3.05) is 0 Å². The van der Waals surface area contributed by atoms with Crippen molar-refractivity contribution >= 4 is 0 Å². The van der Waals surface area contributed by atoms with Gasteiger partial charge in [-0.1, -0.05) is 78.4 Å². The molecule has 2 aromatic rings. The SMILES string of the molecule is C/C=C\C=C/Cc1cc(C)cc(-c2ccccc2)c1. The average Bonchev–Trinajstić information content (AvgIpc) is 2.44. The first kappa shape index (κ1) is 13.4. The molecule has 0 saturated heterocycles. The number of aryl methyl sites for hydroxylation is 1. The van der Waals surface area contributed by atoms with Crippen LogP contribution in [0.3, 0.4) is 0 Å². The molecule has 96 valence electrons. The predicted octanol–water partition coefficient (Wildman–Crippen LogP) is 5.34. The molecule has 0 radical (unpaired) electrons. The molecule has 0 aliphatic rings. The van der Waals surface area contributed by atoms with Gasteiger partial charge in [0.2, 0.25) is 0 Å². The molecule has 0 heteroatoms. The van der Waals surface area contributed by atoms with Gasteiger partial charge in [0.25, 0.3) is 0 Å². The van der Waals surface area contributed by atoms with Gasteiger partial charge in [0.05, 0.1) is 0 Å². The number of rotatable bonds is 4. The van der Waals surface area contributed by atoms with E-state index in [2.05, 4.69) is 73.7 Å². The summed E-state index contributed by atoms with van der Waals surface area (Å²) in [5, 5.41) is 0. The largest absolute Gasteiger partial charge is 0.0877 e. The minimum atomic E-state index is 0.978. The summed E-state index contributed by atoms with van der Waals surface area (Å²) in [4.78, 5) is 0. The highest BCUT2D eigenvalue weighted by atomic mass is 14.0. The highest BCUT2D eigenvalue weighted by molar-refractivity contribution is 5.65. The van der Waals surface area contributed by atoms with Crippen molar-refractivity contribution < 1.29 is 0 Å². The Morgan fingerprint density at radius 3 is 2.42 bits per heavy atom. The van der Waals surface area contributed by atoms with Crippen LogP contribution in [0.15, 0.2) is 72.8 Å². The zero-order valence-electron chi connectivity index (χ0n) is 11.6. The fourth-order valence-electron chi connectivity index (χ4n) is 2.17. The lowest BCUT2D eigenvalue weighted by atomic mass is 9.99. The van der Waals surface area contributed by atoms with Crippen LogP contribution in [0.4, 0.5) is 0 Å². The van der Waals surface area contributed by atoms with E-state index in [4.69, 9.17) is 0 Å². The molecule has 19 heavy (non-hydrogen) atoms. The van der Waals surface area contributed by atoms with E-state index in [1.54, 1.807) is 0 Å². The second kappa shape index (κ2) is 6.75. The number of hydrogen-bond donors (Lipinski definition) is 0. The maximum absolute atomic E-state index is 2.28. The van der Waals surface area contributed by atoms with Crippen molar-refractivity contribution in [2.24, 2.45) is 0 Å². The summed E-state index contributed by atoms with van der Waals surface area (Å²) in [5.41, 5.74) is 5.26. The van der Waals surface area contributed by atoms with Gasteiger partial charge < -0.3 is 0 Å². The lowest BCUT2D eigenvalue weighted by molar-refractivity contribution is 1.25. The summed E-state index contributed by atoms with van der Waals surface area (Å²) in [6, 6.07) is 17.3. The minimum absolute atomic E-state index is 0.978. The van der Waals surface area contributed by atoms with Crippen molar-refractivity contribution in [3.05, 3.63) is 84.0 Å². The van der Waals surface area contributed by atoms with Gasteiger partial charge in [-0.15, -0.1) is 0 Å². The summed E-state index contributed by atoms with van der Waals surface area (Å²) < 4.78 is 0. The molecule has 0 nitrogen and oxygen atoms in total. The normalized spacial score (nSPS) is 11.5. The lowest BCUT2D eigenvalue weighted by Crippen LogP contribution is -1.86. The van der Waals surface area contributed by atoms with Crippen LogP contribution in [0.25, 0.3) is 11.1 Å². The molecule has 0 unspecified atom stereocenters. The zero-order valence-corrected chi connectivity index (χ0v) is 11.6. The smallest absolute Gasteiger partial charge is 0.00940 e. The van der Waals surface area contributed by atoms with Crippen molar-refractivity contribution in [3.8, 4) is 11.1 Å². The first-order valence-electron chi connectivity index (χ1n) is 6.73. The molecule has 0 fully saturated rings. The molecule has 0 aliphatic heterocycles. The third-order valence-electron chi connectivity index (χ3n) is 3.04. The molecular weight excluding hydrogens is 228 g/mol. The van der Waals surface area contributed by atoms with Gasteiger partial charge in [0.15, 0.2) is 0 Å². The van der Waals surface area contributed by atoms with Crippen LogP contribution in [-0.2, 0) is 6.42 Å². The Kier molecular flexibility index (Phi) is 4.74. The van der Waals surface area contributed by atoms with Crippen LogP contribution in [0, 0.1) is 6.92 Å². The highest BCUT2D eigenvalue weighted by Crippen LogP contribution is 2.22. The molecule has 0 spiro atoms. The van der Waals surface area contributed by atoms with E-state index < -0.39 is 0 Å². The summed E-state index contributed by atoms with van der Waals surface area (Å²) in [6.07, 6.45) is 9.38. The maximum atomic E-state index is 2.28. The Balaban J connectivity index is 2.25. The average molecular weight is 248 g/mol. The molecule has 2 rings (SSSR count). The van der Waals surface area contributed by atoms with Crippen LogP contribution in [0.1, 0.15) is 18.1 Å². The second-order valence-corrected chi connectivity index (χ2v) is 4.73. The number of allylic oxidation sites excluding steroid dienone is 4. The van der Waals surface area contributed by atoms with E-state index in [-0.39, 0.29) is 0 Å². The van der Waals surface area contributed by atoms with Crippen molar-refractivity contribution in [1.29, 1.82) is 0 Å². The van der Waals surface area contributed by atoms with Gasteiger partial charge in [0.1, 0.15) is 0 Å². The first-order chi connectivity index (χ1) is 9.29. The maximum Gasteiger partial charge on any atom is -0.00940 e. The first-order valence-corrected chi connectivity index (χ1v) is 6.73. The van der Waals surface area contributed by atoms with Crippen LogP contribution in [-0.4, -0.2) is 0 Å². The van der Waals surface area contributed by atoms with E-state index in [0.717, 1.165) is 6.42 Å². The van der Waals surface area contributed by atoms with E-state index >= 15 is 0 Å². The van der Waals surface area contributed by atoms with Crippen molar-refractivity contribution in [2.45, 2.75) is 20.3 Å². The summed E-state index contributed by atoms with van der Waals surface area (Å²) >= 11 is 0. The standard InChI is InChI=1S/C19H20/c1-3-4-5-7-10-17-13-16(2)14-19(15-17)18-11-8-6-9-12-18/h3-9,11-15H,10H2,1-2H3/b4-3-,7-5-. The Morgan fingerprint density at radius 2 is 1.68 bits per heavy atom. The molecule has 0 aliphatic carbocycles. The lowest BCUT2D eigenvalue weighted by Gasteiger charge is -2.06. The van der Waals surface area contributed by atoms with E-state index in [0.29, 0.717) is 0 Å². The monoisotopic (exact) mass is 248 g/mol. The highest BCUT2D eigenvalue weighted by Gasteiger charge is 2.00. The van der Waals surface area contributed by atoms with Crippen LogP contribution < -0.4 is 0 Å². The molecule has 0 heterocycles. The van der Waals surface area contributed by atoms with Crippen LogP contribution >= 0.6 is 0 Å². The van der Waals surface area contributed by atoms with Crippen molar-refractivity contribution in [3.63, 3.8) is 0 Å². The minimum Gasteiger partial charge on any atom is -0.0877 e. The Labute approximate surface area is 116 Å². The Morgan fingerprint density at radius 1 is 0.895 bits per heavy atom. The van der Waals surface area contributed by atoms with Gasteiger partial charge in [-0.2, -0.15) is 0 Å². The van der Waals surface area contributed by atoms with Gasteiger partial charge in [-0.05, 0) is 37.0 Å². The predicted molar refractivity (Wildman–Crippen MR) is 84.3 cm³/mol.